The third-order valence-electron chi connectivity index (χ3n) is 4.15. The van der Waals surface area contributed by atoms with Crippen LogP contribution >= 0.6 is 23.2 Å². The van der Waals surface area contributed by atoms with Gasteiger partial charge in [0.2, 0.25) is 0 Å². The van der Waals surface area contributed by atoms with E-state index in [0.717, 1.165) is 10.8 Å². The van der Waals surface area contributed by atoms with Gasteiger partial charge in [0.1, 0.15) is 21.8 Å². The largest absolute Gasteiger partial charge is 0.495 e. The first-order chi connectivity index (χ1) is 12.9. The van der Waals surface area contributed by atoms with Gasteiger partial charge in [-0.25, -0.2) is 8.42 Å². The zero-order valence-electron chi connectivity index (χ0n) is 14.0. The molecule has 0 bridgehead atoms. The summed E-state index contributed by atoms with van der Waals surface area (Å²) in [5.74, 6) is 0.357. The molecule has 0 saturated heterocycles. The monoisotopic (exact) mass is 421 g/mol. The van der Waals surface area contributed by atoms with Gasteiger partial charge in [-0.1, -0.05) is 47.5 Å². The Bertz CT molecular complexity index is 1280. The van der Waals surface area contributed by atoms with Crippen molar-refractivity contribution in [3.05, 3.63) is 64.6 Å². The lowest BCUT2D eigenvalue weighted by Gasteiger charge is -2.13. The summed E-state index contributed by atoms with van der Waals surface area (Å²) in [6.45, 7) is 0. The summed E-state index contributed by atoms with van der Waals surface area (Å²) in [5, 5.41) is 1.85. The second-order valence-corrected chi connectivity index (χ2v) is 8.24. The molecule has 1 aromatic heterocycles. The fourth-order valence-corrected chi connectivity index (χ4v) is 4.72. The Hall–Kier alpha value is -2.41. The lowest BCUT2D eigenvalue weighted by Crippen LogP contribution is -2.14. The van der Waals surface area contributed by atoms with E-state index in [1.165, 1.54) is 25.3 Å². The Morgan fingerprint density at radius 3 is 2.52 bits per heavy atom. The van der Waals surface area contributed by atoms with Crippen LogP contribution in [0.1, 0.15) is 0 Å². The molecule has 0 fully saturated rings. The highest BCUT2D eigenvalue weighted by molar-refractivity contribution is 7.92. The van der Waals surface area contributed by atoms with E-state index < -0.39 is 10.0 Å². The predicted molar refractivity (Wildman–Crippen MR) is 108 cm³/mol. The lowest BCUT2D eigenvalue weighted by atomic mass is 10.1. The molecule has 4 aromatic rings. The fourth-order valence-electron chi connectivity index (χ4n) is 2.89. The van der Waals surface area contributed by atoms with Crippen molar-refractivity contribution in [1.29, 1.82) is 0 Å². The Kier molecular flexibility index (Phi) is 4.42. The van der Waals surface area contributed by atoms with Crippen molar-refractivity contribution in [1.82, 2.24) is 0 Å². The number of rotatable bonds is 4. The Morgan fingerprint density at radius 1 is 0.963 bits per heavy atom. The van der Waals surface area contributed by atoms with Crippen LogP contribution in [-0.4, -0.2) is 15.5 Å². The summed E-state index contributed by atoms with van der Waals surface area (Å²) in [6, 6.07) is 15.3. The molecule has 138 valence electrons. The summed E-state index contributed by atoms with van der Waals surface area (Å²) in [4.78, 5) is -0.122. The standard InChI is InChI=1S/C19H13Cl2NO4S/c1-25-17-9-12-11-5-2-3-7-15(11)26-16(12)10-14(17)22-27(23,24)18-8-4-6-13(20)19(18)21/h2-10,22H,1H3. The van der Waals surface area contributed by atoms with E-state index >= 15 is 0 Å². The normalized spacial score (nSPS) is 11.8. The number of halogens is 2. The molecule has 3 aromatic carbocycles. The Labute approximate surface area is 165 Å². The van der Waals surface area contributed by atoms with Crippen LogP contribution in [0.3, 0.4) is 0 Å². The van der Waals surface area contributed by atoms with Gasteiger partial charge in [0, 0.05) is 16.8 Å². The molecule has 0 saturated carbocycles. The van der Waals surface area contributed by atoms with Crippen molar-refractivity contribution < 1.29 is 17.6 Å². The van der Waals surface area contributed by atoms with Gasteiger partial charge in [0.25, 0.3) is 10.0 Å². The molecule has 8 heteroatoms. The van der Waals surface area contributed by atoms with Gasteiger partial charge in [-0.05, 0) is 24.3 Å². The first kappa shape index (κ1) is 18.0. The van der Waals surface area contributed by atoms with Crippen LogP contribution in [0.25, 0.3) is 21.9 Å². The van der Waals surface area contributed by atoms with E-state index in [4.69, 9.17) is 32.4 Å². The second kappa shape index (κ2) is 6.64. The maximum Gasteiger partial charge on any atom is 0.263 e. The number of nitrogens with one attached hydrogen (secondary N) is 1. The first-order valence-corrected chi connectivity index (χ1v) is 10.1. The lowest BCUT2D eigenvalue weighted by molar-refractivity contribution is 0.417. The van der Waals surface area contributed by atoms with Crippen LogP contribution in [0.2, 0.25) is 10.0 Å². The average Bonchev–Trinajstić information content (AvgIpc) is 3.00. The van der Waals surface area contributed by atoms with E-state index in [-0.39, 0.29) is 20.6 Å². The van der Waals surface area contributed by atoms with Gasteiger partial charge in [-0.15, -0.1) is 0 Å². The summed E-state index contributed by atoms with van der Waals surface area (Å²) in [7, 11) is -2.52. The molecule has 0 amide bonds. The maximum absolute atomic E-state index is 12.8. The van der Waals surface area contributed by atoms with Crippen LogP contribution < -0.4 is 9.46 Å². The molecule has 0 atom stereocenters. The molecule has 0 radical (unpaired) electrons. The van der Waals surface area contributed by atoms with Crippen molar-refractivity contribution >= 4 is 60.9 Å². The molecule has 4 rings (SSSR count). The first-order valence-electron chi connectivity index (χ1n) is 7.87. The van der Waals surface area contributed by atoms with Crippen molar-refractivity contribution in [3.63, 3.8) is 0 Å². The third-order valence-corrected chi connectivity index (χ3v) is 6.49. The van der Waals surface area contributed by atoms with Crippen molar-refractivity contribution in [2.45, 2.75) is 4.90 Å². The fraction of sp³-hybridized carbons (Fsp3) is 0.0526. The van der Waals surface area contributed by atoms with Gasteiger partial charge in [0.15, 0.2) is 0 Å². The molecule has 5 nitrogen and oxygen atoms in total. The molecule has 0 spiro atoms. The van der Waals surface area contributed by atoms with Gasteiger partial charge in [0.05, 0.1) is 22.8 Å². The highest BCUT2D eigenvalue weighted by atomic mass is 35.5. The van der Waals surface area contributed by atoms with Crippen LogP contribution in [-0.2, 0) is 10.0 Å². The summed E-state index contributed by atoms with van der Waals surface area (Å²) >= 11 is 12.0. The smallest absolute Gasteiger partial charge is 0.263 e. The van der Waals surface area contributed by atoms with Crippen LogP contribution in [0.15, 0.2) is 63.9 Å². The van der Waals surface area contributed by atoms with Crippen LogP contribution in [0.5, 0.6) is 5.75 Å². The molecule has 1 N–H and O–H groups in total. The summed E-state index contributed by atoms with van der Waals surface area (Å²) < 4.78 is 39.3. The third kappa shape index (κ3) is 3.10. The molecule has 1 heterocycles. The highest BCUT2D eigenvalue weighted by Gasteiger charge is 2.22. The maximum atomic E-state index is 12.8. The van der Waals surface area contributed by atoms with Gasteiger partial charge >= 0.3 is 0 Å². The minimum Gasteiger partial charge on any atom is -0.495 e. The number of sulfonamides is 1. The number of ether oxygens (including phenoxy) is 1. The summed E-state index contributed by atoms with van der Waals surface area (Å²) in [6.07, 6.45) is 0. The van der Waals surface area contributed by atoms with Crippen molar-refractivity contribution in [2.24, 2.45) is 0 Å². The predicted octanol–water partition coefficient (Wildman–Crippen LogP) is 5.70. The van der Waals surface area contributed by atoms with Crippen LogP contribution in [0, 0.1) is 0 Å². The minimum absolute atomic E-state index is 0.0459. The SMILES string of the molecule is COc1cc2c(cc1NS(=O)(=O)c1cccc(Cl)c1Cl)oc1ccccc12. The topological polar surface area (TPSA) is 68.5 Å². The van der Waals surface area contributed by atoms with E-state index in [1.54, 1.807) is 12.1 Å². The average molecular weight is 422 g/mol. The van der Waals surface area contributed by atoms with Crippen LogP contribution in [0.4, 0.5) is 5.69 Å². The molecular formula is C19H13Cl2NO4S. The van der Waals surface area contributed by atoms with Gasteiger partial charge in [-0.3, -0.25) is 4.72 Å². The zero-order chi connectivity index (χ0) is 19.2. The molecule has 0 aliphatic carbocycles. The summed E-state index contributed by atoms with van der Waals surface area (Å²) in [5.41, 5.74) is 1.47. The number of hydrogen-bond acceptors (Lipinski definition) is 4. The van der Waals surface area contributed by atoms with E-state index in [2.05, 4.69) is 4.72 Å². The molecule has 0 unspecified atom stereocenters. The quantitative estimate of drug-likeness (QED) is 0.458. The number of para-hydroxylation sites is 1. The highest BCUT2D eigenvalue weighted by Crippen LogP contribution is 2.38. The minimum atomic E-state index is -3.99. The number of methoxy groups -OCH3 is 1. The van der Waals surface area contributed by atoms with E-state index in [9.17, 15) is 8.42 Å². The van der Waals surface area contributed by atoms with E-state index in [1.807, 2.05) is 24.3 Å². The Morgan fingerprint density at radius 2 is 1.74 bits per heavy atom. The molecule has 0 aliphatic heterocycles. The molecular weight excluding hydrogens is 409 g/mol. The second-order valence-electron chi connectivity index (χ2n) is 5.80. The number of fused-ring (bicyclic) bond motifs is 3. The number of furan rings is 1. The number of hydrogen-bond donors (Lipinski definition) is 1. The molecule has 0 aliphatic rings. The van der Waals surface area contributed by atoms with Crippen molar-refractivity contribution in [2.75, 3.05) is 11.8 Å². The van der Waals surface area contributed by atoms with E-state index in [0.29, 0.717) is 16.9 Å². The van der Waals surface area contributed by atoms with Gasteiger partial charge < -0.3 is 9.15 Å². The number of anilines is 1. The Balaban J connectivity index is 1.85. The van der Waals surface area contributed by atoms with Gasteiger partial charge in [-0.2, -0.15) is 0 Å². The number of benzene rings is 3. The van der Waals surface area contributed by atoms with Crippen molar-refractivity contribution in [3.8, 4) is 5.75 Å². The zero-order valence-corrected chi connectivity index (χ0v) is 16.3. The molecule has 27 heavy (non-hydrogen) atoms.